The first-order valence-electron chi connectivity index (χ1n) is 10.4. The van der Waals surface area contributed by atoms with Gasteiger partial charge in [0.2, 0.25) is 0 Å². The van der Waals surface area contributed by atoms with Gasteiger partial charge in [-0.05, 0) is 54.5 Å². The fourth-order valence-corrected chi connectivity index (χ4v) is 3.47. The lowest BCUT2D eigenvalue weighted by molar-refractivity contribution is 0.00578. The van der Waals surface area contributed by atoms with Crippen LogP contribution in [0.1, 0.15) is 48.5 Å². The fourth-order valence-electron chi connectivity index (χ4n) is 3.47. The molecule has 1 aliphatic rings. The third kappa shape index (κ3) is 3.88. The maximum atomic E-state index is 12.9. The van der Waals surface area contributed by atoms with Crippen LogP contribution in [0.25, 0.3) is 22.2 Å². The van der Waals surface area contributed by atoms with E-state index in [4.69, 9.17) is 14.0 Å². The van der Waals surface area contributed by atoms with Crippen molar-refractivity contribution in [1.29, 1.82) is 0 Å². The van der Waals surface area contributed by atoms with Crippen molar-refractivity contribution in [3.05, 3.63) is 30.9 Å². The van der Waals surface area contributed by atoms with Gasteiger partial charge in [-0.15, -0.1) is 0 Å². The molecule has 8 nitrogen and oxygen atoms in total. The molecule has 0 unspecified atom stereocenters. The third-order valence-corrected chi connectivity index (χ3v) is 5.81. The van der Waals surface area contributed by atoms with Crippen LogP contribution in [0.3, 0.4) is 0 Å². The zero-order valence-electron chi connectivity index (χ0n) is 19.4. The van der Waals surface area contributed by atoms with Gasteiger partial charge in [-0.3, -0.25) is 4.68 Å². The van der Waals surface area contributed by atoms with Crippen LogP contribution in [0.5, 0.6) is 0 Å². The van der Waals surface area contributed by atoms with E-state index in [1.807, 2.05) is 67.8 Å². The summed E-state index contributed by atoms with van der Waals surface area (Å²) in [5.41, 5.74) is 1.40. The second-order valence-electron chi connectivity index (χ2n) is 10.0. The van der Waals surface area contributed by atoms with Gasteiger partial charge in [0.1, 0.15) is 11.2 Å². The summed E-state index contributed by atoms with van der Waals surface area (Å²) in [5, 5.41) is 5.01. The molecule has 0 aliphatic carbocycles. The van der Waals surface area contributed by atoms with Crippen LogP contribution >= 0.6 is 0 Å². The minimum Gasteiger partial charge on any atom is -0.443 e. The van der Waals surface area contributed by atoms with Gasteiger partial charge in [-0.25, -0.2) is 14.3 Å². The van der Waals surface area contributed by atoms with E-state index >= 15 is 0 Å². The summed E-state index contributed by atoms with van der Waals surface area (Å²) in [7, 11) is 1.23. The Morgan fingerprint density at radius 1 is 1.06 bits per heavy atom. The quantitative estimate of drug-likeness (QED) is 0.586. The summed E-state index contributed by atoms with van der Waals surface area (Å²) in [6.07, 6.45) is 6.64. The zero-order valence-corrected chi connectivity index (χ0v) is 19.4. The molecule has 0 spiro atoms. The number of nitrogens with zero attached hydrogens (tertiary/aromatic N) is 4. The first-order valence-corrected chi connectivity index (χ1v) is 10.4. The van der Waals surface area contributed by atoms with Crippen molar-refractivity contribution < 1.29 is 18.8 Å². The number of ether oxygens (including phenoxy) is 1. The Balaban J connectivity index is 1.86. The van der Waals surface area contributed by atoms with Crippen LogP contribution in [-0.2, 0) is 21.1 Å². The van der Waals surface area contributed by atoms with E-state index in [1.54, 1.807) is 23.3 Å². The third-order valence-electron chi connectivity index (χ3n) is 5.81. The SMILES string of the molecule is Cn1cc(-c2cnc3c(c2)c(B2OC(C)(C)C(C)(C)O2)cn3C(=O)OC(C)(C)C)cn1. The lowest BCUT2D eigenvalue weighted by Crippen LogP contribution is -2.41. The highest BCUT2D eigenvalue weighted by molar-refractivity contribution is 6.65. The molecule has 3 aromatic heterocycles. The number of pyridine rings is 1. The normalized spacial score (nSPS) is 18.0. The molecule has 0 radical (unpaired) electrons. The molecule has 0 N–H and O–H groups in total. The van der Waals surface area contributed by atoms with E-state index in [9.17, 15) is 4.79 Å². The largest absolute Gasteiger partial charge is 0.497 e. The Morgan fingerprint density at radius 3 is 2.26 bits per heavy atom. The molecule has 3 aromatic rings. The highest BCUT2D eigenvalue weighted by Crippen LogP contribution is 2.37. The van der Waals surface area contributed by atoms with Crippen molar-refractivity contribution >= 4 is 29.7 Å². The Kier molecular flexibility index (Phi) is 4.83. The predicted molar refractivity (Wildman–Crippen MR) is 119 cm³/mol. The molecule has 1 fully saturated rings. The number of aromatic nitrogens is 4. The van der Waals surface area contributed by atoms with Gasteiger partial charge in [0, 0.05) is 47.6 Å². The van der Waals surface area contributed by atoms with Crippen molar-refractivity contribution in [2.24, 2.45) is 7.05 Å². The Bertz CT molecular complexity index is 1140. The number of hydrogen-bond acceptors (Lipinski definition) is 6. The summed E-state index contributed by atoms with van der Waals surface area (Å²) < 4.78 is 21.3. The molecule has 31 heavy (non-hydrogen) atoms. The first-order chi connectivity index (χ1) is 14.3. The highest BCUT2D eigenvalue weighted by atomic mass is 16.7. The molecular formula is C22H29BN4O4. The van der Waals surface area contributed by atoms with Gasteiger partial charge in [0.05, 0.1) is 17.4 Å². The number of hydrogen-bond donors (Lipinski definition) is 0. The molecule has 0 saturated carbocycles. The summed E-state index contributed by atoms with van der Waals surface area (Å²) >= 11 is 0. The Morgan fingerprint density at radius 2 is 1.71 bits per heavy atom. The van der Waals surface area contributed by atoms with Crippen LogP contribution in [0, 0.1) is 0 Å². The molecule has 0 aromatic carbocycles. The molecule has 4 rings (SSSR count). The number of aryl methyl sites for hydroxylation is 1. The molecule has 1 aliphatic heterocycles. The summed E-state index contributed by atoms with van der Waals surface area (Å²) in [6.45, 7) is 13.5. The van der Waals surface area contributed by atoms with E-state index in [0.717, 1.165) is 22.0 Å². The molecule has 0 amide bonds. The monoisotopic (exact) mass is 424 g/mol. The van der Waals surface area contributed by atoms with E-state index in [0.29, 0.717) is 5.65 Å². The average Bonchev–Trinajstić information content (AvgIpc) is 3.27. The number of rotatable bonds is 2. The van der Waals surface area contributed by atoms with Crippen LogP contribution in [0.4, 0.5) is 4.79 Å². The molecule has 164 valence electrons. The topological polar surface area (TPSA) is 80.4 Å². The van der Waals surface area contributed by atoms with E-state index in [-0.39, 0.29) is 0 Å². The van der Waals surface area contributed by atoms with E-state index in [1.165, 1.54) is 4.57 Å². The lowest BCUT2D eigenvalue weighted by atomic mass is 9.79. The predicted octanol–water partition coefficient (Wildman–Crippen LogP) is 3.52. The minimum atomic E-state index is -0.637. The molecule has 4 heterocycles. The summed E-state index contributed by atoms with van der Waals surface area (Å²) in [4.78, 5) is 17.5. The van der Waals surface area contributed by atoms with Crippen LogP contribution < -0.4 is 5.46 Å². The first kappa shape index (κ1) is 21.6. The Labute approximate surface area is 182 Å². The number of carbonyl (C=O) groups excluding carboxylic acids is 1. The maximum Gasteiger partial charge on any atom is 0.497 e. The van der Waals surface area contributed by atoms with Crippen molar-refractivity contribution in [3.8, 4) is 11.1 Å². The molecule has 0 bridgehead atoms. The summed E-state index contributed by atoms with van der Waals surface area (Å²) in [5.74, 6) is 0. The van der Waals surface area contributed by atoms with Gasteiger partial charge in [-0.2, -0.15) is 5.10 Å². The van der Waals surface area contributed by atoms with E-state index in [2.05, 4.69) is 10.1 Å². The Hall–Kier alpha value is -2.65. The molecule has 1 saturated heterocycles. The molecule has 9 heteroatoms. The van der Waals surface area contributed by atoms with Crippen molar-refractivity contribution in [3.63, 3.8) is 0 Å². The lowest BCUT2D eigenvalue weighted by Gasteiger charge is -2.32. The van der Waals surface area contributed by atoms with Gasteiger partial charge < -0.3 is 14.0 Å². The van der Waals surface area contributed by atoms with Crippen molar-refractivity contribution in [2.75, 3.05) is 0 Å². The van der Waals surface area contributed by atoms with Crippen LogP contribution in [0.2, 0.25) is 0 Å². The summed E-state index contributed by atoms with van der Waals surface area (Å²) in [6, 6.07) is 1.99. The number of fused-ring (bicyclic) bond motifs is 1. The molecule has 0 atom stereocenters. The molecular weight excluding hydrogens is 395 g/mol. The minimum absolute atomic E-state index is 0.492. The van der Waals surface area contributed by atoms with Crippen molar-refractivity contribution in [2.45, 2.75) is 65.3 Å². The van der Waals surface area contributed by atoms with Crippen LogP contribution in [-0.4, -0.2) is 49.3 Å². The second kappa shape index (κ2) is 6.93. The average molecular weight is 424 g/mol. The van der Waals surface area contributed by atoms with Crippen molar-refractivity contribution in [1.82, 2.24) is 19.3 Å². The zero-order chi connectivity index (χ0) is 22.8. The van der Waals surface area contributed by atoms with E-state index < -0.39 is 30.0 Å². The smallest absolute Gasteiger partial charge is 0.443 e. The highest BCUT2D eigenvalue weighted by Gasteiger charge is 2.52. The van der Waals surface area contributed by atoms with Gasteiger partial charge in [-0.1, -0.05) is 0 Å². The second-order valence-corrected chi connectivity index (χ2v) is 10.0. The number of carbonyl (C=O) groups is 1. The van der Waals surface area contributed by atoms with Gasteiger partial charge in [0.15, 0.2) is 0 Å². The van der Waals surface area contributed by atoms with Gasteiger partial charge >= 0.3 is 13.2 Å². The standard InChI is InChI=1S/C22H29BN4O4/c1-20(2,3)29-19(28)27-13-17(23-30-21(4,5)22(6,7)31-23)16-9-14(10-24-18(16)27)15-11-25-26(8)12-15/h9-13H,1-8H3. The van der Waals surface area contributed by atoms with Gasteiger partial charge in [0.25, 0.3) is 0 Å². The fraction of sp³-hybridized carbons (Fsp3) is 0.500. The van der Waals surface area contributed by atoms with Crippen LogP contribution in [0.15, 0.2) is 30.9 Å². The maximum absolute atomic E-state index is 12.9.